The fraction of sp³-hybridized carbons (Fsp3) is 0.167. The smallest absolute Gasteiger partial charge is 0.338 e. The molecular weight excluding hydrogens is 444 g/mol. The Hall–Kier alpha value is -3.85. The molecule has 1 aliphatic heterocycles. The molecule has 0 N–H and O–H groups in total. The van der Waals surface area contributed by atoms with Crippen molar-refractivity contribution in [3.05, 3.63) is 83.9 Å². The second kappa shape index (κ2) is 9.33. The van der Waals surface area contributed by atoms with Gasteiger partial charge in [-0.15, -0.1) is 4.40 Å². The molecule has 0 spiro atoms. The van der Waals surface area contributed by atoms with E-state index < -0.39 is 16.0 Å². The number of carbonyl (C=O) groups is 1. The normalized spacial score (nSPS) is 13.6. The van der Waals surface area contributed by atoms with E-state index in [1.165, 1.54) is 13.2 Å². The summed E-state index contributed by atoms with van der Waals surface area (Å²) in [5.41, 5.74) is 1.46. The summed E-state index contributed by atoms with van der Waals surface area (Å²) in [4.78, 5) is 14.3. The third-order valence-electron chi connectivity index (χ3n) is 5.12. The quantitative estimate of drug-likeness (QED) is 0.492. The van der Waals surface area contributed by atoms with Gasteiger partial charge in [0.15, 0.2) is 5.84 Å². The highest BCUT2D eigenvalue weighted by Crippen LogP contribution is 2.34. The van der Waals surface area contributed by atoms with Crippen molar-refractivity contribution in [2.75, 3.05) is 32.3 Å². The van der Waals surface area contributed by atoms with Crippen molar-refractivity contribution in [1.29, 1.82) is 0 Å². The molecule has 9 heteroatoms. The minimum absolute atomic E-state index is 0.00978. The maximum atomic E-state index is 12.6. The third kappa shape index (κ3) is 4.54. The van der Waals surface area contributed by atoms with Gasteiger partial charge in [-0.1, -0.05) is 24.3 Å². The Bertz CT molecular complexity index is 1300. The number of rotatable bonds is 7. The Labute approximate surface area is 192 Å². The first-order chi connectivity index (χ1) is 15.9. The molecule has 33 heavy (non-hydrogen) atoms. The monoisotopic (exact) mass is 466 g/mol. The molecule has 0 amide bonds. The molecule has 1 aliphatic rings. The summed E-state index contributed by atoms with van der Waals surface area (Å²) in [6.45, 7) is 0.148. The van der Waals surface area contributed by atoms with Crippen molar-refractivity contribution >= 4 is 27.5 Å². The molecule has 0 unspecified atom stereocenters. The molecule has 0 fully saturated rings. The Morgan fingerprint density at radius 3 is 2.33 bits per heavy atom. The van der Waals surface area contributed by atoms with Crippen LogP contribution in [0.15, 0.2) is 82.1 Å². The predicted molar refractivity (Wildman–Crippen MR) is 124 cm³/mol. The lowest BCUT2D eigenvalue weighted by molar-refractivity contribution is 0.0517. The predicted octanol–water partition coefficient (Wildman–Crippen LogP) is 3.52. The summed E-state index contributed by atoms with van der Waals surface area (Å²) in [6, 6.07) is 20.4. The number of carbonyl (C=O) groups excluding carboxylic acids is 1. The van der Waals surface area contributed by atoms with E-state index in [2.05, 4.69) is 4.40 Å². The molecule has 0 aromatic heterocycles. The van der Waals surface area contributed by atoms with Gasteiger partial charge in [-0.25, -0.2) is 4.79 Å². The lowest BCUT2D eigenvalue weighted by atomic mass is 10.1. The maximum absolute atomic E-state index is 12.6. The molecule has 8 nitrogen and oxygen atoms in total. The maximum Gasteiger partial charge on any atom is 0.338 e. The summed E-state index contributed by atoms with van der Waals surface area (Å²) >= 11 is 0. The van der Waals surface area contributed by atoms with Gasteiger partial charge in [0.25, 0.3) is 10.0 Å². The molecule has 0 atom stereocenters. The number of sulfonamides is 1. The number of esters is 1. The van der Waals surface area contributed by atoms with E-state index in [1.54, 1.807) is 66.6 Å². The van der Waals surface area contributed by atoms with E-state index in [4.69, 9.17) is 14.2 Å². The number of ether oxygens (including phenoxy) is 3. The van der Waals surface area contributed by atoms with Gasteiger partial charge < -0.3 is 19.1 Å². The van der Waals surface area contributed by atoms with E-state index >= 15 is 0 Å². The van der Waals surface area contributed by atoms with Crippen LogP contribution in [0.5, 0.6) is 11.5 Å². The van der Waals surface area contributed by atoms with Crippen LogP contribution >= 0.6 is 0 Å². The highest BCUT2D eigenvalue weighted by Gasteiger charge is 2.33. The van der Waals surface area contributed by atoms with E-state index in [-0.39, 0.29) is 23.9 Å². The average molecular weight is 467 g/mol. The molecule has 0 aliphatic carbocycles. The number of hydrogen-bond acceptors (Lipinski definition) is 7. The summed E-state index contributed by atoms with van der Waals surface area (Å²) in [6.07, 6.45) is 0. The number of nitrogens with zero attached hydrogens (tertiary/aromatic N) is 2. The first-order valence-electron chi connectivity index (χ1n) is 10.1. The minimum atomic E-state index is -3.83. The van der Waals surface area contributed by atoms with Crippen LogP contribution in [0.1, 0.15) is 15.9 Å². The van der Waals surface area contributed by atoms with Crippen molar-refractivity contribution in [3.8, 4) is 11.5 Å². The summed E-state index contributed by atoms with van der Waals surface area (Å²) in [5, 5.41) is 0. The zero-order chi connectivity index (χ0) is 23.4. The summed E-state index contributed by atoms with van der Waals surface area (Å²) in [7, 11) is -0.757. The molecule has 0 saturated carbocycles. The number of amidine groups is 1. The fourth-order valence-corrected chi connectivity index (χ4v) is 4.73. The summed E-state index contributed by atoms with van der Waals surface area (Å²) in [5.74, 6) is 0.908. The van der Waals surface area contributed by atoms with Gasteiger partial charge in [0.05, 0.1) is 32.0 Å². The second-order valence-corrected chi connectivity index (χ2v) is 8.65. The molecule has 0 bridgehead atoms. The Kier molecular flexibility index (Phi) is 6.32. The number of fused-ring (bicyclic) bond motifs is 1. The van der Waals surface area contributed by atoms with Crippen molar-refractivity contribution in [2.24, 2.45) is 4.40 Å². The van der Waals surface area contributed by atoms with Gasteiger partial charge in [0, 0.05) is 5.56 Å². The van der Waals surface area contributed by atoms with Crippen molar-refractivity contribution < 1.29 is 27.4 Å². The molecule has 0 saturated heterocycles. The Morgan fingerprint density at radius 2 is 1.61 bits per heavy atom. The van der Waals surface area contributed by atoms with Crippen LogP contribution in [0, 0.1) is 0 Å². The number of anilines is 1. The van der Waals surface area contributed by atoms with Crippen molar-refractivity contribution in [2.45, 2.75) is 4.90 Å². The molecule has 170 valence electrons. The topological polar surface area (TPSA) is 94.5 Å². The summed E-state index contributed by atoms with van der Waals surface area (Å²) < 4.78 is 45.3. The van der Waals surface area contributed by atoms with Gasteiger partial charge >= 0.3 is 5.97 Å². The Morgan fingerprint density at radius 1 is 0.909 bits per heavy atom. The van der Waals surface area contributed by atoms with Crippen LogP contribution in [-0.4, -0.2) is 47.6 Å². The average Bonchev–Trinajstić information content (AvgIpc) is 3.12. The fourth-order valence-electron chi connectivity index (χ4n) is 3.52. The zero-order valence-corrected chi connectivity index (χ0v) is 18.9. The molecule has 3 aromatic rings. The van der Waals surface area contributed by atoms with Crippen LogP contribution in [0.2, 0.25) is 0 Å². The van der Waals surface area contributed by atoms with E-state index in [9.17, 15) is 13.2 Å². The number of methoxy groups -OCH3 is 2. The second-order valence-electron chi connectivity index (χ2n) is 7.07. The van der Waals surface area contributed by atoms with Crippen LogP contribution in [0.4, 0.5) is 5.69 Å². The first kappa shape index (κ1) is 22.3. The number of hydrogen-bond donors (Lipinski definition) is 0. The minimum Gasteiger partial charge on any atom is -0.497 e. The molecular formula is C24H22N2O6S. The van der Waals surface area contributed by atoms with E-state index in [0.717, 1.165) is 0 Å². The molecule has 0 radical (unpaired) electrons. The SMILES string of the molecule is COc1ccc(C(=O)OCCN(C2=NS(=O)(=O)c3ccccc32)c2ccccc2OC)cc1. The lowest BCUT2D eigenvalue weighted by Crippen LogP contribution is -2.34. The van der Waals surface area contributed by atoms with Gasteiger partial charge in [0.1, 0.15) is 23.0 Å². The van der Waals surface area contributed by atoms with Gasteiger partial charge in [-0.05, 0) is 48.5 Å². The standard InChI is InChI=1S/C24H22N2O6S/c1-30-18-13-11-17(12-14-18)24(27)32-16-15-26(20-8-4-5-9-21(20)31-2)23-19-7-3-6-10-22(19)33(28,29)25-23/h3-14H,15-16H2,1-2H3. The number of para-hydroxylation sites is 2. The van der Waals surface area contributed by atoms with Crippen LogP contribution in [0.3, 0.4) is 0 Å². The highest BCUT2D eigenvalue weighted by atomic mass is 32.2. The molecule has 3 aromatic carbocycles. The first-order valence-corrected chi connectivity index (χ1v) is 11.5. The highest BCUT2D eigenvalue weighted by molar-refractivity contribution is 7.90. The van der Waals surface area contributed by atoms with Crippen molar-refractivity contribution in [1.82, 2.24) is 0 Å². The van der Waals surface area contributed by atoms with Gasteiger partial charge in [0.2, 0.25) is 0 Å². The van der Waals surface area contributed by atoms with Gasteiger partial charge in [-0.2, -0.15) is 8.42 Å². The Balaban J connectivity index is 1.62. The van der Waals surface area contributed by atoms with Crippen molar-refractivity contribution in [3.63, 3.8) is 0 Å². The zero-order valence-electron chi connectivity index (χ0n) is 18.1. The third-order valence-corrected chi connectivity index (χ3v) is 6.44. The largest absolute Gasteiger partial charge is 0.497 e. The van der Waals surface area contributed by atoms with E-state index in [0.29, 0.717) is 28.3 Å². The number of benzene rings is 3. The van der Waals surface area contributed by atoms with Crippen LogP contribution < -0.4 is 14.4 Å². The van der Waals surface area contributed by atoms with Crippen LogP contribution in [0.25, 0.3) is 0 Å². The molecule has 4 rings (SSSR count). The lowest BCUT2D eigenvalue weighted by Gasteiger charge is -2.26. The van der Waals surface area contributed by atoms with Gasteiger partial charge in [-0.3, -0.25) is 0 Å². The van der Waals surface area contributed by atoms with E-state index in [1.807, 2.05) is 12.1 Å². The van der Waals surface area contributed by atoms with Crippen LogP contribution in [-0.2, 0) is 14.8 Å². The molecule has 1 heterocycles.